The molecule has 0 unspecified atom stereocenters. The Hall–Kier alpha value is -0.980. The first-order valence-corrected chi connectivity index (χ1v) is 8.22. The molecule has 0 aliphatic rings. The Morgan fingerprint density at radius 1 is 1.37 bits per heavy atom. The smallest absolute Gasteiger partial charge is 0.218 e. The van der Waals surface area contributed by atoms with Crippen LogP contribution in [0.25, 0.3) is 0 Å². The normalized spacial score (nSPS) is 11.7. The van der Waals surface area contributed by atoms with E-state index in [2.05, 4.69) is 0 Å². The van der Waals surface area contributed by atoms with Gasteiger partial charge in [0.2, 0.25) is 10.0 Å². The van der Waals surface area contributed by atoms with E-state index < -0.39 is 10.0 Å². The Labute approximate surface area is 120 Å². The number of thiocarbonyl (C=S) groups is 1. The quantitative estimate of drug-likeness (QED) is 0.781. The zero-order chi connectivity index (χ0) is 14.5. The van der Waals surface area contributed by atoms with E-state index in [1.165, 1.54) is 4.31 Å². The number of benzene rings is 1. The molecule has 1 aromatic carbocycles. The number of unbranched alkanes of at least 4 members (excludes halogenated alkanes) is 1. The third-order valence-corrected chi connectivity index (χ3v) is 4.95. The fraction of sp³-hybridized carbons (Fsp3) is 0.462. The second-order valence-electron chi connectivity index (χ2n) is 4.45. The number of rotatable bonds is 7. The van der Waals surface area contributed by atoms with Gasteiger partial charge in [-0.25, -0.2) is 12.7 Å². The van der Waals surface area contributed by atoms with Crippen LogP contribution in [-0.2, 0) is 15.8 Å². The van der Waals surface area contributed by atoms with Crippen LogP contribution in [0.3, 0.4) is 0 Å². The van der Waals surface area contributed by atoms with Crippen molar-refractivity contribution < 1.29 is 8.42 Å². The van der Waals surface area contributed by atoms with Crippen LogP contribution in [0.1, 0.15) is 30.9 Å². The highest BCUT2D eigenvalue weighted by atomic mass is 32.2. The van der Waals surface area contributed by atoms with Crippen molar-refractivity contribution in [2.45, 2.75) is 25.5 Å². The lowest BCUT2D eigenvalue weighted by atomic mass is 10.1. The van der Waals surface area contributed by atoms with Crippen LogP contribution >= 0.6 is 12.2 Å². The lowest BCUT2D eigenvalue weighted by molar-refractivity contribution is 0.458. The van der Waals surface area contributed by atoms with Crippen LogP contribution in [0.15, 0.2) is 24.3 Å². The molecular formula is C13H20N2O2S2. The molecule has 0 heterocycles. The lowest BCUT2D eigenvalue weighted by Crippen LogP contribution is -2.29. The van der Waals surface area contributed by atoms with Crippen LogP contribution in [0.4, 0.5) is 0 Å². The molecule has 1 rings (SSSR count). The fourth-order valence-electron chi connectivity index (χ4n) is 1.71. The second kappa shape index (κ2) is 6.98. The molecule has 0 saturated carbocycles. The third kappa shape index (κ3) is 4.56. The largest absolute Gasteiger partial charge is 0.389 e. The molecule has 2 N–H and O–H groups in total. The van der Waals surface area contributed by atoms with E-state index >= 15 is 0 Å². The van der Waals surface area contributed by atoms with Crippen molar-refractivity contribution in [2.75, 3.05) is 13.6 Å². The van der Waals surface area contributed by atoms with Gasteiger partial charge in [0, 0.05) is 19.2 Å². The summed E-state index contributed by atoms with van der Waals surface area (Å²) in [6.45, 7) is 2.57. The van der Waals surface area contributed by atoms with Gasteiger partial charge in [-0.2, -0.15) is 0 Å². The topological polar surface area (TPSA) is 63.4 Å². The van der Waals surface area contributed by atoms with Crippen molar-refractivity contribution in [3.8, 4) is 0 Å². The number of nitrogens with zero attached hydrogens (tertiary/aromatic N) is 1. The summed E-state index contributed by atoms with van der Waals surface area (Å²) < 4.78 is 25.8. The van der Waals surface area contributed by atoms with Gasteiger partial charge in [0.05, 0.1) is 5.75 Å². The van der Waals surface area contributed by atoms with Crippen LogP contribution < -0.4 is 5.73 Å². The number of nitrogens with two attached hydrogens (primary N) is 1. The maximum atomic E-state index is 12.2. The van der Waals surface area contributed by atoms with Crippen molar-refractivity contribution in [3.05, 3.63) is 35.4 Å². The molecular weight excluding hydrogens is 280 g/mol. The molecule has 19 heavy (non-hydrogen) atoms. The molecule has 4 nitrogen and oxygen atoms in total. The predicted octanol–water partition coefficient (Wildman–Crippen LogP) is 1.88. The van der Waals surface area contributed by atoms with Crippen molar-refractivity contribution in [3.63, 3.8) is 0 Å². The first kappa shape index (κ1) is 16.1. The Kier molecular flexibility index (Phi) is 5.90. The number of hydrogen-bond donors (Lipinski definition) is 1. The average Bonchev–Trinajstić information content (AvgIpc) is 2.35. The van der Waals surface area contributed by atoms with E-state index in [1.807, 2.05) is 6.92 Å². The van der Waals surface area contributed by atoms with E-state index in [9.17, 15) is 8.42 Å². The van der Waals surface area contributed by atoms with E-state index in [-0.39, 0.29) is 10.7 Å². The number of hydrogen-bond acceptors (Lipinski definition) is 3. The van der Waals surface area contributed by atoms with Gasteiger partial charge in [-0.3, -0.25) is 0 Å². The molecule has 0 radical (unpaired) electrons. The van der Waals surface area contributed by atoms with Gasteiger partial charge < -0.3 is 5.73 Å². The van der Waals surface area contributed by atoms with E-state index in [4.69, 9.17) is 18.0 Å². The molecule has 6 heteroatoms. The maximum absolute atomic E-state index is 12.2. The van der Waals surface area contributed by atoms with Crippen LogP contribution in [0.2, 0.25) is 0 Å². The summed E-state index contributed by atoms with van der Waals surface area (Å²) in [5, 5.41) is 0. The second-order valence-corrected chi connectivity index (χ2v) is 6.97. The Morgan fingerprint density at radius 3 is 2.58 bits per heavy atom. The van der Waals surface area contributed by atoms with E-state index in [0.717, 1.165) is 12.8 Å². The van der Waals surface area contributed by atoms with Crippen molar-refractivity contribution >= 4 is 27.2 Å². The molecule has 0 bridgehead atoms. The minimum Gasteiger partial charge on any atom is -0.389 e. The Morgan fingerprint density at radius 2 is 2.00 bits per heavy atom. The zero-order valence-electron chi connectivity index (χ0n) is 11.3. The van der Waals surface area contributed by atoms with Gasteiger partial charge in [0.15, 0.2) is 0 Å². The summed E-state index contributed by atoms with van der Waals surface area (Å²) in [6.07, 6.45) is 1.82. The third-order valence-electron chi connectivity index (χ3n) is 2.92. The van der Waals surface area contributed by atoms with Gasteiger partial charge >= 0.3 is 0 Å². The van der Waals surface area contributed by atoms with Gasteiger partial charge in [-0.1, -0.05) is 49.8 Å². The number of sulfonamides is 1. The van der Waals surface area contributed by atoms with Crippen LogP contribution in [0, 0.1) is 0 Å². The molecule has 0 amide bonds. The molecule has 0 aliphatic carbocycles. The zero-order valence-corrected chi connectivity index (χ0v) is 12.9. The summed E-state index contributed by atoms with van der Waals surface area (Å²) in [5.41, 5.74) is 6.89. The molecule has 0 aliphatic heterocycles. The van der Waals surface area contributed by atoms with Gasteiger partial charge in [0.25, 0.3) is 0 Å². The molecule has 1 aromatic rings. The van der Waals surface area contributed by atoms with Crippen LogP contribution in [-0.4, -0.2) is 31.3 Å². The molecule has 0 atom stereocenters. The summed E-state index contributed by atoms with van der Waals surface area (Å²) in [6, 6.07) is 7.09. The van der Waals surface area contributed by atoms with Crippen LogP contribution in [0.5, 0.6) is 0 Å². The maximum Gasteiger partial charge on any atom is 0.218 e. The van der Waals surface area contributed by atoms with Gasteiger partial charge in [0.1, 0.15) is 4.99 Å². The SMILES string of the molecule is CCCCN(C)S(=O)(=O)Cc1ccccc1C(N)=S. The lowest BCUT2D eigenvalue weighted by Gasteiger charge is -2.17. The van der Waals surface area contributed by atoms with E-state index in [0.29, 0.717) is 17.7 Å². The predicted molar refractivity (Wildman–Crippen MR) is 82.5 cm³/mol. The molecule has 0 fully saturated rings. The van der Waals surface area contributed by atoms with Crippen molar-refractivity contribution in [1.29, 1.82) is 0 Å². The minimum atomic E-state index is -3.32. The highest BCUT2D eigenvalue weighted by Gasteiger charge is 2.19. The summed E-state index contributed by atoms with van der Waals surface area (Å²) in [4.78, 5) is 0.224. The highest BCUT2D eigenvalue weighted by Crippen LogP contribution is 2.15. The highest BCUT2D eigenvalue weighted by molar-refractivity contribution is 7.88. The standard InChI is InChI=1S/C13H20N2O2S2/c1-3-4-9-15(2)19(16,17)10-11-7-5-6-8-12(11)13(14)18/h5-8H,3-4,9-10H2,1-2H3,(H2,14,18). The molecule has 106 valence electrons. The first-order chi connectivity index (χ1) is 8.88. The fourth-order valence-corrected chi connectivity index (χ4v) is 3.18. The molecule has 0 aromatic heterocycles. The van der Waals surface area contributed by atoms with E-state index in [1.54, 1.807) is 31.3 Å². The average molecular weight is 300 g/mol. The van der Waals surface area contributed by atoms with Crippen molar-refractivity contribution in [1.82, 2.24) is 4.31 Å². The summed E-state index contributed by atoms with van der Waals surface area (Å²) in [7, 11) is -1.72. The summed E-state index contributed by atoms with van der Waals surface area (Å²) in [5.74, 6) is -0.0687. The Bertz CT molecular complexity index is 541. The van der Waals surface area contributed by atoms with Gasteiger partial charge in [-0.05, 0) is 12.0 Å². The first-order valence-electron chi connectivity index (χ1n) is 6.20. The van der Waals surface area contributed by atoms with Gasteiger partial charge in [-0.15, -0.1) is 0 Å². The molecule has 0 spiro atoms. The van der Waals surface area contributed by atoms with Crippen molar-refractivity contribution in [2.24, 2.45) is 5.73 Å². The minimum absolute atomic E-state index is 0.0687. The molecule has 0 saturated heterocycles. The monoisotopic (exact) mass is 300 g/mol. The Balaban J connectivity index is 2.92. The summed E-state index contributed by atoms with van der Waals surface area (Å²) >= 11 is 4.94.